The number of carbonyl (C=O) groups excluding carboxylic acids is 1. The molecule has 1 fully saturated rings. The average Bonchev–Trinajstić information content (AvgIpc) is 2.81. The molecule has 0 aliphatic carbocycles. The molecule has 0 radical (unpaired) electrons. The largest absolute Gasteiger partial charge is 0.342 e. The van der Waals surface area contributed by atoms with E-state index in [1.807, 2.05) is 23.1 Å². The second-order valence-corrected chi connectivity index (χ2v) is 5.57. The maximum atomic E-state index is 12.1. The summed E-state index contributed by atoms with van der Waals surface area (Å²) in [5.74, 6) is 0.260. The van der Waals surface area contributed by atoms with Crippen molar-refractivity contribution in [3.63, 3.8) is 0 Å². The quantitative estimate of drug-likeness (QED) is 0.881. The first-order valence-electron chi connectivity index (χ1n) is 6.65. The number of likely N-dealkylation sites (tertiary alicyclic amines) is 1. The third-order valence-electron chi connectivity index (χ3n) is 3.87. The summed E-state index contributed by atoms with van der Waals surface area (Å²) in [6, 6.07) is 10.2. The van der Waals surface area contributed by atoms with Crippen molar-refractivity contribution < 1.29 is 4.79 Å². The van der Waals surface area contributed by atoms with Crippen molar-refractivity contribution in [2.45, 2.75) is 26.2 Å². The Balaban J connectivity index is 1.83. The summed E-state index contributed by atoms with van der Waals surface area (Å²) in [4.78, 5) is 14.1. The van der Waals surface area contributed by atoms with Crippen LogP contribution in [0.2, 0.25) is 0 Å². The molecule has 2 N–H and O–H groups in total. The van der Waals surface area contributed by atoms with Gasteiger partial charge in [-0.05, 0) is 30.4 Å². The lowest BCUT2D eigenvalue weighted by Gasteiger charge is -2.22. The predicted molar refractivity (Wildman–Crippen MR) is 73.1 cm³/mol. The van der Waals surface area contributed by atoms with Crippen LogP contribution in [-0.4, -0.2) is 30.4 Å². The molecule has 1 aliphatic rings. The van der Waals surface area contributed by atoms with Gasteiger partial charge >= 0.3 is 0 Å². The van der Waals surface area contributed by atoms with Gasteiger partial charge in [0.15, 0.2) is 0 Å². The van der Waals surface area contributed by atoms with Crippen molar-refractivity contribution in [1.29, 1.82) is 0 Å². The van der Waals surface area contributed by atoms with E-state index in [0.717, 1.165) is 25.9 Å². The highest BCUT2D eigenvalue weighted by Gasteiger charge is 2.34. The van der Waals surface area contributed by atoms with Gasteiger partial charge in [0.25, 0.3) is 0 Å². The van der Waals surface area contributed by atoms with Gasteiger partial charge in [0.05, 0.1) is 0 Å². The number of carbonyl (C=O) groups is 1. The Bertz CT molecular complexity index is 404. The highest BCUT2D eigenvalue weighted by molar-refractivity contribution is 5.76. The standard InChI is InChI=1S/C15H22N2O/c1-15(11-16)9-10-17(12-15)14(18)8-7-13-5-3-2-4-6-13/h2-6H,7-12,16H2,1H3. The molecule has 1 aromatic rings. The van der Waals surface area contributed by atoms with Gasteiger partial charge in [0.2, 0.25) is 5.91 Å². The lowest BCUT2D eigenvalue weighted by Crippen LogP contribution is -2.34. The van der Waals surface area contributed by atoms with Crippen LogP contribution in [0, 0.1) is 5.41 Å². The van der Waals surface area contributed by atoms with Gasteiger partial charge in [0.1, 0.15) is 0 Å². The van der Waals surface area contributed by atoms with Gasteiger partial charge in [-0.15, -0.1) is 0 Å². The Morgan fingerprint density at radius 3 is 2.72 bits per heavy atom. The number of benzene rings is 1. The van der Waals surface area contributed by atoms with E-state index in [0.29, 0.717) is 13.0 Å². The molecule has 1 saturated heterocycles. The van der Waals surface area contributed by atoms with Crippen LogP contribution in [0.15, 0.2) is 30.3 Å². The summed E-state index contributed by atoms with van der Waals surface area (Å²) in [6.45, 7) is 4.51. The summed E-state index contributed by atoms with van der Waals surface area (Å²) in [6.07, 6.45) is 2.46. The number of hydrogen-bond donors (Lipinski definition) is 1. The van der Waals surface area contributed by atoms with Crippen LogP contribution < -0.4 is 5.73 Å². The maximum Gasteiger partial charge on any atom is 0.222 e. The summed E-state index contributed by atoms with van der Waals surface area (Å²) in [7, 11) is 0. The minimum Gasteiger partial charge on any atom is -0.342 e. The van der Waals surface area contributed by atoms with Gasteiger partial charge in [0, 0.05) is 19.5 Å². The Kier molecular flexibility index (Phi) is 4.02. The van der Waals surface area contributed by atoms with E-state index >= 15 is 0 Å². The van der Waals surface area contributed by atoms with Crippen molar-refractivity contribution in [3.8, 4) is 0 Å². The van der Waals surface area contributed by atoms with E-state index in [4.69, 9.17) is 5.73 Å². The van der Waals surface area contributed by atoms with Crippen LogP contribution in [0.3, 0.4) is 0 Å². The summed E-state index contributed by atoms with van der Waals surface area (Å²) in [5, 5.41) is 0. The second-order valence-electron chi connectivity index (χ2n) is 5.57. The van der Waals surface area contributed by atoms with Crippen molar-refractivity contribution in [2.24, 2.45) is 11.1 Å². The SMILES string of the molecule is CC1(CN)CCN(C(=O)CCc2ccccc2)C1. The lowest BCUT2D eigenvalue weighted by atomic mass is 9.90. The van der Waals surface area contributed by atoms with E-state index in [-0.39, 0.29) is 11.3 Å². The Morgan fingerprint density at radius 1 is 1.39 bits per heavy atom. The van der Waals surface area contributed by atoms with Gasteiger partial charge in [-0.3, -0.25) is 4.79 Å². The molecule has 0 bridgehead atoms. The third kappa shape index (κ3) is 3.10. The second kappa shape index (κ2) is 5.53. The number of rotatable bonds is 4. The highest BCUT2D eigenvalue weighted by Crippen LogP contribution is 2.28. The molecular weight excluding hydrogens is 224 g/mol. The molecule has 0 spiro atoms. The van der Waals surface area contributed by atoms with Crippen LogP contribution >= 0.6 is 0 Å². The average molecular weight is 246 g/mol. The first-order chi connectivity index (χ1) is 8.63. The molecule has 3 nitrogen and oxygen atoms in total. The monoisotopic (exact) mass is 246 g/mol. The maximum absolute atomic E-state index is 12.1. The summed E-state index contributed by atoms with van der Waals surface area (Å²) in [5.41, 5.74) is 7.11. The van der Waals surface area contributed by atoms with Crippen molar-refractivity contribution in [2.75, 3.05) is 19.6 Å². The van der Waals surface area contributed by atoms with Crippen LogP contribution in [-0.2, 0) is 11.2 Å². The minimum absolute atomic E-state index is 0.127. The molecule has 3 heteroatoms. The first-order valence-corrected chi connectivity index (χ1v) is 6.65. The summed E-state index contributed by atoms with van der Waals surface area (Å²) >= 11 is 0. The summed E-state index contributed by atoms with van der Waals surface area (Å²) < 4.78 is 0. The zero-order chi connectivity index (χ0) is 13.0. The molecule has 1 atom stereocenters. The topological polar surface area (TPSA) is 46.3 Å². The number of amides is 1. The third-order valence-corrected chi connectivity index (χ3v) is 3.87. The normalized spacial score (nSPS) is 23.3. The van der Waals surface area contributed by atoms with E-state index in [9.17, 15) is 4.79 Å². The molecule has 1 aromatic carbocycles. The zero-order valence-corrected chi connectivity index (χ0v) is 11.1. The van der Waals surface area contributed by atoms with Crippen LogP contribution in [0.4, 0.5) is 0 Å². The fourth-order valence-corrected chi connectivity index (χ4v) is 2.46. The molecule has 1 aliphatic heterocycles. The zero-order valence-electron chi connectivity index (χ0n) is 11.1. The molecular formula is C15H22N2O. The molecule has 18 heavy (non-hydrogen) atoms. The highest BCUT2D eigenvalue weighted by atomic mass is 16.2. The Hall–Kier alpha value is -1.35. The van der Waals surface area contributed by atoms with Crippen LogP contribution in [0.1, 0.15) is 25.3 Å². The predicted octanol–water partition coefficient (Wildman–Crippen LogP) is 1.82. The molecule has 0 saturated carbocycles. The Morgan fingerprint density at radius 2 is 2.11 bits per heavy atom. The Labute approximate surface area is 109 Å². The first kappa shape index (κ1) is 13.1. The lowest BCUT2D eigenvalue weighted by molar-refractivity contribution is -0.130. The van der Waals surface area contributed by atoms with Gasteiger partial charge in [-0.25, -0.2) is 0 Å². The van der Waals surface area contributed by atoms with Gasteiger partial charge in [-0.2, -0.15) is 0 Å². The van der Waals surface area contributed by atoms with E-state index in [2.05, 4.69) is 19.1 Å². The van der Waals surface area contributed by atoms with E-state index < -0.39 is 0 Å². The van der Waals surface area contributed by atoms with E-state index in [1.165, 1.54) is 5.56 Å². The van der Waals surface area contributed by atoms with Crippen LogP contribution in [0.5, 0.6) is 0 Å². The van der Waals surface area contributed by atoms with Crippen molar-refractivity contribution in [1.82, 2.24) is 4.90 Å². The number of nitrogens with zero attached hydrogens (tertiary/aromatic N) is 1. The molecule has 98 valence electrons. The van der Waals surface area contributed by atoms with Gasteiger partial charge in [-0.1, -0.05) is 37.3 Å². The van der Waals surface area contributed by atoms with Gasteiger partial charge < -0.3 is 10.6 Å². The fourth-order valence-electron chi connectivity index (χ4n) is 2.46. The van der Waals surface area contributed by atoms with Crippen LogP contribution in [0.25, 0.3) is 0 Å². The van der Waals surface area contributed by atoms with Crippen molar-refractivity contribution >= 4 is 5.91 Å². The molecule has 1 amide bonds. The van der Waals surface area contributed by atoms with E-state index in [1.54, 1.807) is 0 Å². The molecule has 1 heterocycles. The number of aryl methyl sites for hydroxylation is 1. The smallest absolute Gasteiger partial charge is 0.222 e. The minimum atomic E-state index is 0.127. The molecule has 1 unspecified atom stereocenters. The molecule has 0 aromatic heterocycles. The number of nitrogens with two attached hydrogens (primary N) is 1. The van der Waals surface area contributed by atoms with Crippen molar-refractivity contribution in [3.05, 3.63) is 35.9 Å². The fraction of sp³-hybridized carbons (Fsp3) is 0.533. The molecule has 2 rings (SSSR count). The number of hydrogen-bond acceptors (Lipinski definition) is 2.